The van der Waals surface area contributed by atoms with Crippen LogP contribution in [-0.2, 0) is 11.2 Å². The molecule has 0 aliphatic rings. The van der Waals surface area contributed by atoms with Gasteiger partial charge in [-0.25, -0.2) is 4.98 Å². The molecule has 6 nitrogen and oxygen atoms in total. The molecule has 0 aliphatic carbocycles. The normalized spacial score (nSPS) is 10.8. The Morgan fingerprint density at radius 1 is 0.868 bits per heavy atom. The van der Waals surface area contributed by atoms with Gasteiger partial charge in [0.2, 0.25) is 0 Å². The van der Waals surface area contributed by atoms with Gasteiger partial charge >= 0.3 is 0 Å². The number of methoxy groups -OCH3 is 2. The molecule has 5 rings (SSSR count). The third-order valence-electron chi connectivity index (χ3n) is 6.27. The molecule has 5 aromatic rings. The van der Waals surface area contributed by atoms with Crippen LogP contribution < -0.4 is 19.1 Å². The third kappa shape index (κ3) is 5.63. The number of amides is 1. The Kier molecular flexibility index (Phi) is 7.85. The molecule has 1 heterocycles. The summed E-state index contributed by atoms with van der Waals surface area (Å²) in [5.74, 6) is 1.91. The molecule has 0 fully saturated rings. The minimum absolute atomic E-state index is 0.0970. The fraction of sp³-hybridized carbons (Fsp3) is 0.161. The van der Waals surface area contributed by atoms with Crippen LogP contribution in [0.4, 0.5) is 5.13 Å². The van der Waals surface area contributed by atoms with Gasteiger partial charge in [0.05, 0.1) is 19.9 Å². The van der Waals surface area contributed by atoms with Gasteiger partial charge in [-0.3, -0.25) is 9.69 Å². The summed E-state index contributed by atoms with van der Waals surface area (Å²) in [7, 11) is 3.25. The van der Waals surface area contributed by atoms with E-state index in [4.69, 9.17) is 19.2 Å². The molecular formula is C31H28N2O4S. The first-order valence-corrected chi connectivity index (χ1v) is 13.2. The summed E-state index contributed by atoms with van der Waals surface area (Å²) in [6.07, 6.45) is 0.693. The molecule has 0 unspecified atom stereocenters. The molecule has 0 saturated carbocycles. The average Bonchev–Trinajstić information content (AvgIpc) is 3.46. The van der Waals surface area contributed by atoms with Gasteiger partial charge in [0.25, 0.3) is 5.91 Å². The quantitative estimate of drug-likeness (QED) is 0.205. The van der Waals surface area contributed by atoms with E-state index in [-0.39, 0.29) is 12.5 Å². The van der Waals surface area contributed by atoms with Crippen molar-refractivity contribution in [3.05, 3.63) is 102 Å². The van der Waals surface area contributed by atoms with Crippen molar-refractivity contribution in [3.63, 3.8) is 0 Å². The third-order valence-corrected chi connectivity index (χ3v) is 7.14. The van der Waals surface area contributed by atoms with Crippen LogP contribution >= 0.6 is 11.3 Å². The number of carbonyl (C=O) groups excluding carboxylic acids is 1. The molecule has 0 N–H and O–H groups in total. The van der Waals surface area contributed by atoms with Gasteiger partial charge in [0.15, 0.2) is 11.7 Å². The van der Waals surface area contributed by atoms with Gasteiger partial charge in [-0.2, -0.15) is 0 Å². The van der Waals surface area contributed by atoms with E-state index in [1.54, 1.807) is 19.1 Å². The smallest absolute Gasteiger partial charge is 0.266 e. The number of carbonyl (C=O) groups is 1. The Morgan fingerprint density at radius 3 is 2.47 bits per heavy atom. The molecule has 0 aliphatic heterocycles. The Morgan fingerprint density at radius 2 is 1.66 bits per heavy atom. The minimum Gasteiger partial charge on any atom is -0.497 e. The summed E-state index contributed by atoms with van der Waals surface area (Å²) in [6, 6.07) is 29.5. The highest BCUT2D eigenvalue weighted by Crippen LogP contribution is 2.36. The van der Waals surface area contributed by atoms with Crippen molar-refractivity contribution < 1.29 is 19.0 Å². The van der Waals surface area contributed by atoms with Crippen molar-refractivity contribution in [3.8, 4) is 28.5 Å². The van der Waals surface area contributed by atoms with Crippen molar-refractivity contribution in [2.45, 2.75) is 6.42 Å². The summed E-state index contributed by atoms with van der Waals surface area (Å²) >= 11 is 1.41. The van der Waals surface area contributed by atoms with Crippen LogP contribution in [0.25, 0.3) is 22.0 Å². The van der Waals surface area contributed by atoms with E-state index >= 15 is 0 Å². The summed E-state index contributed by atoms with van der Waals surface area (Å²) in [5, 5.41) is 4.57. The van der Waals surface area contributed by atoms with Crippen LogP contribution in [0.15, 0.2) is 96.4 Å². The molecule has 7 heteroatoms. The van der Waals surface area contributed by atoms with Crippen molar-refractivity contribution in [1.29, 1.82) is 0 Å². The SMILES string of the molecule is COc1ccc(OC)c(-c2csc(N(CCc3ccccc3)C(=O)COc3cccc4ccccc34)n2)c1. The molecule has 192 valence electrons. The van der Waals surface area contributed by atoms with E-state index in [1.807, 2.05) is 84.2 Å². The van der Waals surface area contributed by atoms with E-state index in [2.05, 4.69) is 12.1 Å². The van der Waals surface area contributed by atoms with Gasteiger partial charge in [-0.15, -0.1) is 11.3 Å². The zero-order valence-electron chi connectivity index (χ0n) is 21.3. The predicted octanol–water partition coefficient (Wildman–Crippen LogP) is 6.64. The highest BCUT2D eigenvalue weighted by molar-refractivity contribution is 7.14. The van der Waals surface area contributed by atoms with E-state index in [9.17, 15) is 4.79 Å². The van der Waals surface area contributed by atoms with Crippen molar-refractivity contribution in [1.82, 2.24) is 4.98 Å². The molecule has 1 amide bonds. The second-order valence-electron chi connectivity index (χ2n) is 8.63. The highest BCUT2D eigenvalue weighted by atomic mass is 32.1. The number of thiazole rings is 1. The molecule has 0 bridgehead atoms. The van der Waals surface area contributed by atoms with E-state index in [0.29, 0.717) is 41.0 Å². The number of benzene rings is 4. The fourth-order valence-electron chi connectivity index (χ4n) is 4.28. The number of ether oxygens (including phenoxy) is 3. The van der Waals surface area contributed by atoms with Crippen LogP contribution in [0.5, 0.6) is 17.2 Å². The largest absolute Gasteiger partial charge is 0.497 e. The maximum atomic E-state index is 13.6. The lowest BCUT2D eigenvalue weighted by molar-refractivity contribution is -0.120. The Hall–Kier alpha value is -4.36. The summed E-state index contributed by atoms with van der Waals surface area (Å²) in [5.41, 5.74) is 2.66. The number of aromatic nitrogens is 1. The van der Waals surface area contributed by atoms with Gasteiger partial charge < -0.3 is 14.2 Å². The lowest BCUT2D eigenvalue weighted by Crippen LogP contribution is -2.36. The zero-order chi connectivity index (χ0) is 26.3. The van der Waals surface area contributed by atoms with Crippen LogP contribution in [0, 0.1) is 0 Å². The number of fused-ring (bicyclic) bond motifs is 1. The molecule has 4 aromatic carbocycles. The van der Waals surface area contributed by atoms with E-state index in [0.717, 1.165) is 21.9 Å². The molecule has 0 saturated heterocycles. The van der Waals surface area contributed by atoms with Gasteiger partial charge in [-0.1, -0.05) is 66.7 Å². The summed E-state index contributed by atoms with van der Waals surface area (Å²) in [6.45, 7) is 0.379. The highest BCUT2D eigenvalue weighted by Gasteiger charge is 2.22. The fourth-order valence-corrected chi connectivity index (χ4v) is 5.15. The molecule has 38 heavy (non-hydrogen) atoms. The zero-order valence-corrected chi connectivity index (χ0v) is 22.1. The lowest BCUT2D eigenvalue weighted by atomic mass is 10.1. The number of hydrogen-bond donors (Lipinski definition) is 0. The standard InChI is InChI=1S/C31H28N2O4S/c1-35-24-15-16-28(36-2)26(19-24)27-21-38-31(32-27)33(18-17-22-9-4-3-5-10-22)30(34)20-37-29-14-8-12-23-11-6-7-13-25(23)29/h3-16,19,21H,17-18,20H2,1-2H3. The van der Waals surface area contributed by atoms with Crippen LogP contribution in [0.2, 0.25) is 0 Å². The maximum Gasteiger partial charge on any atom is 0.266 e. The Labute approximate surface area is 226 Å². The summed E-state index contributed by atoms with van der Waals surface area (Å²) < 4.78 is 17.0. The van der Waals surface area contributed by atoms with Crippen molar-refractivity contribution >= 4 is 33.1 Å². The van der Waals surface area contributed by atoms with E-state index in [1.165, 1.54) is 11.3 Å². The Bertz CT molecular complexity index is 1530. The topological polar surface area (TPSA) is 60.9 Å². The first-order valence-electron chi connectivity index (χ1n) is 12.3. The van der Waals surface area contributed by atoms with Crippen LogP contribution in [0.3, 0.4) is 0 Å². The first kappa shape index (κ1) is 25.3. The number of hydrogen-bond acceptors (Lipinski definition) is 6. The lowest BCUT2D eigenvalue weighted by Gasteiger charge is -2.20. The monoisotopic (exact) mass is 524 g/mol. The first-order chi connectivity index (χ1) is 18.7. The van der Waals surface area contributed by atoms with Crippen LogP contribution in [-0.4, -0.2) is 38.3 Å². The average molecular weight is 525 g/mol. The second kappa shape index (κ2) is 11.8. The predicted molar refractivity (Wildman–Crippen MR) is 153 cm³/mol. The molecule has 0 spiro atoms. The Balaban J connectivity index is 1.41. The van der Waals surface area contributed by atoms with E-state index < -0.39 is 0 Å². The minimum atomic E-state index is -0.160. The number of rotatable bonds is 10. The maximum absolute atomic E-state index is 13.6. The molecule has 1 aromatic heterocycles. The van der Waals surface area contributed by atoms with Gasteiger partial charge in [0.1, 0.15) is 17.2 Å². The van der Waals surface area contributed by atoms with Gasteiger partial charge in [-0.05, 0) is 41.6 Å². The van der Waals surface area contributed by atoms with Crippen molar-refractivity contribution in [2.24, 2.45) is 0 Å². The summed E-state index contributed by atoms with van der Waals surface area (Å²) in [4.78, 5) is 20.1. The van der Waals surface area contributed by atoms with Crippen molar-refractivity contribution in [2.75, 3.05) is 32.3 Å². The second-order valence-corrected chi connectivity index (χ2v) is 9.47. The number of nitrogens with zero attached hydrogens (tertiary/aromatic N) is 2. The van der Waals surface area contributed by atoms with Gasteiger partial charge in [0, 0.05) is 22.9 Å². The molecular weight excluding hydrogens is 496 g/mol. The number of anilines is 1. The van der Waals surface area contributed by atoms with Crippen LogP contribution in [0.1, 0.15) is 5.56 Å². The molecule has 0 radical (unpaired) electrons. The molecule has 0 atom stereocenters.